The van der Waals surface area contributed by atoms with E-state index >= 15 is 0 Å². The maximum Gasteiger partial charge on any atom is 0.273 e. The molecule has 1 aromatic rings. The van der Waals surface area contributed by atoms with Gasteiger partial charge in [-0.3, -0.25) is 9.59 Å². The van der Waals surface area contributed by atoms with Crippen LogP contribution in [-0.4, -0.2) is 40.8 Å². The summed E-state index contributed by atoms with van der Waals surface area (Å²) in [5.41, 5.74) is 0.210. The van der Waals surface area contributed by atoms with Crippen molar-refractivity contribution in [2.24, 2.45) is 0 Å². The van der Waals surface area contributed by atoms with Gasteiger partial charge in [-0.05, 0) is 0 Å². The highest BCUT2D eigenvalue weighted by Gasteiger charge is 2.07. The van der Waals surface area contributed by atoms with Gasteiger partial charge in [-0.15, -0.1) is 0 Å². The Morgan fingerprint density at radius 2 is 2.36 bits per heavy atom. The van der Waals surface area contributed by atoms with Crippen molar-refractivity contribution in [3.63, 3.8) is 0 Å². The van der Waals surface area contributed by atoms with Crippen LogP contribution in [0, 0.1) is 0 Å². The molecule has 1 heterocycles. The Morgan fingerprint density at radius 3 is 2.93 bits per heavy atom. The van der Waals surface area contributed by atoms with Crippen molar-refractivity contribution >= 4 is 11.8 Å². The minimum atomic E-state index is -0.345. The summed E-state index contributed by atoms with van der Waals surface area (Å²) in [5, 5.41) is 14.4. The van der Waals surface area contributed by atoms with E-state index in [9.17, 15) is 9.59 Å². The van der Waals surface area contributed by atoms with Crippen molar-refractivity contribution < 1.29 is 9.59 Å². The molecule has 0 unspecified atom stereocenters. The molecule has 0 saturated carbocycles. The Labute approximate surface area is 80.3 Å². The molecule has 0 atom stereocenters. The lowest BCUT2D eigenvalue weighted by molar-refractivity contribution is -0.120. The molecule has 0 fully saturated rings. The van der Waals surface area contributed by atoms with Crippen molar-refractivity contribution in [1.29, 1.82) is 0 Å². The van der Waals surface area contributed by atoms with Crippen LogP contribution in [0.3, 0.4) is 0 Å². The number of nitrogens with one attached hydrogen (secondary N) is 3. The molecule has 0 saturated heterocycles. The van der Waals surface area contributed by atoms with Crippen LogP contribution in [0.4, 0.5) is 0 Å². The zero-order valence-corrected chi connectivity index (χ0v) is 7.70. The van der Waals surface area contributed by atoms with Crippen molar-refractivity contribution in [2.75, 3.05) is 13.6 Å². The number of amides is 2. The molecule has 7 heteroatoms. The maximum atomic E-state index is 11.2. The molecule has 0 aliphatic rings. The number of rotatable bonds is 4. The second-order valence-electron chi connectivity index (χ2n) is 2.53. The minimum absolute atomic E-state index is 0.120. The van der Waals surface area contributed by atoms with E-state index in [1.807, 2.05) is 0 Å². The zero-order chi connectivity index (χ0) is 10.4. The largest absolute Gasteiger partial charge is 0.359 e. The first-order chi connectivity index (χ1) is 6.74. The number of hydrogen-bond acceptors (Lipinski definition) is 4. The highest BCUT2D eigenvalue weighted by Crippen LogP contribution is 1.87. The molecular weight excluding hydrogens is 186 g/mol. The van der Waals surface area contributed by atoms with Gasteiger partial charge in [-0.25, -0.2) is 0 Å². The van der Waals surface area contributed by atoms with Crippen molar-refractivity contribution in [2.45, 2.75) is 6.42 Å². The molecular formula is C7H11N5O2. The molecule has 3 N–H and O–H groups in total. The van der Waals surface area contributed by atoms with Crippen LogP contribution >= 0.6 is 0 Å². The molecule has 0 aliphatic carbocycles. The molecule has 0 radical (unpaired) electrons. The van der Waals surface area contributed by atoms with E-state index in [1.54, 1.807) is 7.05 Å². The number of carbonyl (C=O) groups excluding carboxylic acids is 2. The molecule has 0 aromatic carbocycles. The summed E-state index contributed by atoms with van der Waals surface area (Å²) < 4.78 is 0. The van der Waals surface area contributed by atoms with Gasteiger partial charge in [-0.2, -0.15) is 15.4 Å². The lowest BCUT2D eigenvalue weighted by Gasteiger charge is -2.01. The van der Waals surface area contributed by atoms with E-state index in [1.165, 1.54) is 6.20 Å². The van der Waals surface area contributed by atoms with Crippen LogP contribution in [0.25, 0.3) is 0 Å². The zero-order valence-electron chi connectivity index (χ0n) is 7.70. The van der Waals surface area contributed by atoms with Crippen LogP contribution in [0.15, 0.2) is 6.20 Å². The fourth-order valence-corrected chi connectivity index (χ4v) is 0.816. The summed E-state index contributed by atoms with van der Waals surface area (Å²) in [7, 11) is 1.54. The van der Waals surface area contributed by atoms with Gasteiger partial charge in [0.2, 0.25) is 5.91 Å². The van der Waals surface area contributed by atoms with Gasteiger partial charge in [0.25, 0.3) is 5.91 Å². The Bertz CT molecular complexity index is 308. The lowest BCUT2D eigenvalue weighted by atomic mass is 10.3. The molecule has 14 heavy (non-hydrogen) atoms. The summed E-state index contributed by atoms with van der Waals surface area (Å²) in [5.74, 6) is -0.465. The Morgan fingerprint density at radius 1 is 1.57 bits per heavy atom. The van der Waals surface area contributed by atoms with E-state index in [4.69, 9.17) is 0 Å². The number of H-pyrrole nitrogens is 1. The monoisotopic (exact) mass is 197 g/mol. The predicted molar refractivity (Wildman–Crippen MR) is 47.4 cm³/mol. The number of nitrogens with zero attached hydrogens (tertiary/aromatic N) is 2. The molecule has 0 aliphatic heterocycles. The lowest BCUT2D eigenvalue weighted by Crippen LogP contribution is -2.29. The highest BCUT2D eigenvalue weighted by molar-refractivity contribution is 5.92. The third-order valence-corrected chi connectivity index (χ3v) is 1.56. The summed E-state index contributed by atoms with van der Waals surface area (Å²) in [4.78, 5) is 22.0. The summed E-state index contributed by atoms with van der Waals surface area (Å²) in [6.07, 6.45) is 1.56. The summed E-state index contributed by atoms with van der Waals surface area (Å²) >= 11 is 0. The average molecular weight is 197 g/mol. The molecule has 1 rings (SSSR count). The number of hydrogen-bond donors (Lipinski definition) is 3. The normalized spacial score (nSPS) is 9.50. The number of aromatic amines is 1. The summed E-state index contributed by atoms with van der Waals surface area (Å²) in [6.45, 7) is 0.283. The number of carbonyl (C=O) groups is 2. The van der Waals surface area contributed by atoms with Gasteiger partial charge in [0.15, 0.2) is 5.69 Å². The van der Waals surface area contributed by atoms with Crippen molar-refractivity contribution in [3.05, 3.63) is 11.9 Å². The van der Waals surface area contributed by atoms with Gasteiger partial charge < -0.3 is 10.6 Å². The van der Waals surface area contributed by atoms with E-state index in [0.717, 1.165) is 0 Å². The second-order valence-corrected chi connectivity index (χ2v) is 2.53. The van der Waals surface area contributed by atoms with Crippen molar-refractivity contribution in [1.82, 2.24) is 26.0 Å². The van der Waals surface area contributed by atoms with E-state index in [2.05, 4.69) is 26.0 Å². The molecule has 2 amide bonds. The first-order valence-electron chi connectivity index (χ1n) is 4.08. The standard InChI is InChI=1S/C7H11N5O2/c1-8-6(13)2-3-9-7(14)5-4-10-12-11-5/h4H,2-3H2,1H3,(H,8,13)(H,9,14)(H,10,11,12). The van der Waals surface area contributed by atoms with Gasteiger partial charge >= 0.3 is 0 Å². The van der Waals surface area contributed by atoms with Crippen LogP contribution < -0.4 is 10.6 Å². The fraction of sp³-hybridized carbons (Fsp3) is 0.429. The Kier molecular flexibility index (Phi) is 3.59. The minimum Gasteiger partial charge on any atom is -0.359 e. The van der Waals surface area contributed by atoms with Gasteiger partial charge in [0.05, 0.1) is 6.20 Å². The third-order valence-electron chi connectivity index (χ3n) is 1.56. The van der Waals surface area contributed by atoms with Crippen LogP contribution in [0.2, 0.25) is 0 Å². The van der Waals surface area contributed by atoms with Crippen LogP contribution in [-0.2, 0) is 4.79 Å². The predicted octanol–water partition coefficient (Wildman–Crippen LogP) is -1.33. The quantitative estimate of drug-likeness (QED) is 0.556. The van der Waals surface area contributed by atoms with Crippen LogP contribution in [0.1, 0.15) is 16.9 Å². The third kappa shape index (κ3) is 2.85. The SMILES string of the molecule is CNC(=O)CCNC(=O)c1cn[nH]n1. The van der Waals surface area contributed by atoms with Crippen molar-refractivity contribution in [3.8, 4) is 0 Å². The molecule has 7 nitrogen and oxygen atoms in total. The first-order valence-corrected chi connectivity index (χ1v) is 4.08. The van der Waals surface area contributed by atoms with E-state index in [-0.39, 0.29) is 30.5 Å². The average Bonchev–Trinajstić information content (AvgIpc) is 2.70. The highest BCUT2D eigenvalue weighted by atomic mass is 16.2. The topological polar surface area (TPSA) is 99.8 Å². The smallest absolute Gasteiger partial charge is 0.273 e. The van der Waals surface area contributed by atoms with Crippen LogP contribution in [0.5, 0.6) is 0 Å². The van der Waals surface area contributed by atoms with Gasteiger partial charge in [-0.1, -0.05) is 0 Å². The molecule has 0 spiro atoms. The summed E-state index contributed by atoms with van der Waals surface area (Å²) in [6, 6.07) is 0. The maximum absolute atomic E-state index is 11.2. The molecule has 76 valence electrons. The van der Waals surface area contributed by atoms with Gasteiger partial charge in [0.1, 0.15) is 0 Å². The molecule has 1 aromatic heterocycles. The van der Waals surface area contributed by atoms with E-state index < -0.39 is 0 Å². The first kappa shape index (κ1) is 10.2. The Hall–Kier alpha value is -1.92. The molecule has 0 bridgehead atoms. The van der Waals surface area contributed by atoms with E-state index in [0.29, 0.717) is 0 Å². The van der Waals surface area contributed by atoms with Gasteiger partial charge in [0, 0.05) is 20.0 Å². The fourth-order valence-electron chi connectivity index (χ4n) is 0.816. The Balaban J connectivity index is 2.26. The number of aromatic nitrogens is 3. The second kappa shape index (κ2) is 4.95.